The van der Waals surface area contributed by atoms with Crippen LogP contribution in [0.3, 0.4) is 0 Å². The van der Waals surface area contributed by atoms with E-state index in [0.717, 1.165) is 19.3 Å². The average molecular weight is 391 g/mol. The van der Waals surface area contributed by atoms with E-state index in [1.807, 2.05) is 0 Å². The molecule has 0 amide bonds. The van der Waals surface area contributed by atoms with Gasteiger partial charge in [0, 0.05) is 18.8 Å². The van der Waals surface area contributed by atoms with Gasteiger partial charge in [0.05, 0.1) is 6.10 Å². The van der Waals surface area contributed by atoms with Gasteiger partial charge in [-0.3, -0.25) is 9.59 Å². The van der Waals surface area contributed by atoms with Gasteiger partial charge >= 0.3 is 5.97 Å². The number of aliphatic hydroxyl groups is 1. The Morgan fingerprint density at radius 2 is 1.79 bits per heavy atom. The molecular weight excluding hydrogens is 352 g/mol. The standard InChI is InChI=1S/C24H38O4/c1-14(4-7-22(27)28)17-5-6-18-16-13-21(26)20-12-15(25)8-10-24(20,3)19(16)9-11-23(17,18)2/h14-20,25H,4-13H2,1-3H3,(H,27,28)/t14-,15-,16-,17+,18-,19-,20+,23+,24+/m0/s1. The minimum atomic E-state index is -0.688. The minimum absolute atomic E-state index is 0.0635. The third kappa shape index (κ3) is 3.05. The maximum atomic E-state index is 13.1. The molecule has 0 saturated heterocycles. The van der Waals surface area contributed by atoms with Crippen molar-refractivity contribution in [2.45, 2.75) is 91.1 Å². The Kier molecular flexibility index (Phi) is 5.17. The zero-order valence-corrected chi connectivity index (χ0v) is 17.8. The molecule has 4 nitrogen and oxygen atoms in total. The summed E-state index contributed by atoms with van der Waals surface area (Å²) in [6.07, 6.45) is 8.80. The number of carbonyl (C=O) groups excluding carboxylic acids is 1. The number of hydrogen-bond donors (Lipinski definition) is 2. The summed E-state index contributed by atoms with van der Waals surface area (Å²) in [5, 5.41) is 19.2. The predicted molar refractivity (Wildman–Crippen MR) is 108 cm³/mol. The quantitative estimate of drug-likeness (QED) is 0.730. The molecule has 0 radical (unpaired) electrons. The van der Waals surface area contributed by atoms with Gasteiger partial charge in [-0.25, -0.2) is 0 Å². The number of aliphatic hydroxyl groups excluding tert-OH is 1. The van der Waals surface area contributed by atoms with Gasteiger partial charge in [-0.1, -0.05) is 20.8 Å². The van der Waals surface area contributed by atoms with Gasteiger partial charge in [0.1, 0.15) is 5.78 Å². The molecule has 0 aromatic rings. The van der Waals surface area contributed by atoms with E-state index in [4.69, 9.17) is 5.11 Å². The van der Waals surface area contributed by atoms with Crippen LogP contribution in [0.15, 0.2) is 0 Å². The molecule has 9 atom stereocenters. The Bertz CT molecular complexity index is 645. The first-order valence-corrected chi connectivity index (χ1v) is 11.6. The number of carboxylic acids is 1. The van der Waals surface area contributed by atoms with Crippen molar-refractivity contribution in [1.29, 1.82) is 0 Å². The van der Waals surface area contributed by atoms with Crippen molar-refractivity contribution in [2.24, 2.45) is 46.3 Å². The number of carboxylic acid groups (broad SMARTS) is 1. The largest absolute Gasteiger partial charge is 0.481 e. The number of fused-ring (bicyclic) bond motifs is 5. The van der Waals surface area contributed by atoms with Gasteiger partial charge in [-0.2, -0.15) is 0 Å². The van der Waals surface area contributed by atoms with Gasteiger partial charge in [-0.15, -0.1) is 0 Å². The second-order valence-electron chi connectivity index (χ2n) is 11.2. The van der Waals surface area contributed by atoms with E-state index < -0.39 is 5.97 Å². The lowest BCUT2D eigenvalue weighted by Gasteiger charge is -2.60. The summed E-state index contributed by atoms with van der Waals surface area (Å²) in [4.78, 5) is 24.2. The molecule has 0 unspecified atom stereocenters. The van der Waals surface area contributed by atoms with Crippen LogP contribution in [-0.2, 0) is 9.59 Å². The summed E-state index contributed by atoms with van der Waals surface area (Å²) in [6.45, 7) is 7.05. The average Bonchev–Trinajstić information content (AvgIpc) is 2.99. The second kappa shape index (κ2) is 7.11. The molecule has 4 aliphatic carbocycles. The van der Waals surface area contributed by atoms with Crippen molar-refractivity contribution >= 4 is 11.8 Å². The number of ketones is 1. The molecule has 4 fully saturated rings. The van der Waals surface area contributed by atoms with Gasteiger partial charge in [0.25, 0.3) is 0 Å². The highest BCUT2D eigenvalue weighted by atomic mass is 16.4. The summed E-state index contributed by atoms with van der Waals surface area (Å²) in [5.41, 5.74) is 0.338. The van der Waals surface area contributed by atoms with Crippen molar-refractivity contribution in [3.63, 3.8) is 0 Å². The van der Waals surface area contributed by atoms with Crippen LogP contribution < -0.4 is 0 Å². The molecule has 4 aliphatic rings. The van der Waals surface area contributed by atoms with Crippen molar-refractivity contribution in [2.75, 3.05) is 0 Å². The lowest BCUT2D eigenvalue weighted by Crippen LogP contribution is -2.57. The maximum absolute atomic E-state index is 13.1. The fourth-order valence-corrected chi connectivity index (χ4v) is 8.55. The molecule has 0 heterocycles. The monoisotopic (exact) mass is 390 g/mol. The Morgan fingerprint density at radius 3 is 2.50 bits per heavy atom. The van der Waals surface area contributed by atoms with E-state index in [0.29, 0.717) is 48.2 Å². The first kappa shape index (κ1) is 20.4. The summed E-state index contributed by atoms with van der Waals surface area (Å²) in [5.74, 6) is 2.54. The van der Waals surface area contributed by atoms with Crippen LogP contribution in [0.2, 0.25) is 0 Å². The third-order valence-electron chi connectivity index (χ3n) is 10.0. The van der Waals surface area contributed by atoms with Crippen LogP contribution in [0.4, 0.5) is 0 Å². The van der Waals surface area contributed by atoms with Crippen LogP contribution in [0, 0.1) is 46.3 Å². The molecule has 0 aromatic heterocycles. The highest BCUT2D eigenvalue weighted by Gasteiger charge is 2.62. The molecular formula is C24H38O4. The normalized spacial score (nSPS) is 49.1. The first-order chi connectivity index (χ1) is 13.2. The number of hydrogen-bond acceptors (Lipinski definition) is 3. The van der Waals surface area contributed by atoms with E-state index >= 15 is 0 Å². The van der Waals surface area contributed by atoms with Crippen LogP contribution in [0.1, 0.15) is 85.0 Å². The summed E-state index contributed by atoms with van der Waals surface area (Å²) < 4.78 is 0. The Morgan fingerprint density at radius 1 is 1.11 bits per heavy atom. The first-order valence-electron chi connectivity index (χ1n) is 11.6. The van der Waals surface area contributed by atoms with Gasteiger partial charge < -0.3 is 10.2 Å². The van der Waals surface area contributed by atoms with Crippen molar-refractivity contribution < 1.29 is 19.8 Å². The molecule has 0 bridgehead atoms. The van der Waals surface area contributed by atoms with Gasteiger partial charge in [0.15, 0.2) is 0 Å². The molecule has 0 aromatic carbocycles. The molecule has 0 aliphatic heterocycles. The lowest BCUT2D eigenvalue weighted by molar-refractivity contribution is -0.160. The Hall–Kier alpha value is -0.900. The zero-order chi connectivity index (χ0) is 20.3. The van der Waals surface area contributed by atoms with Crippen molar-refractivity contribution in [3.8, 4) is 0 Å². The number of Topliss-reactive ketones (excluding diaryl/α,β-unsaturated/α-hetero) is 1. The molecule has 28 heavy (non-hydrogen) atoms. The van der Waals surface area contributed by atoms with E-state index in [-0.39, 0.29) is 29.3 Å². The highest BCUT2D eigenvalue weighted by Crippen LogP contribution is 2.67. The molecule has 4 heteroatoms. The van der Waals surface area contributed by atoms with E-state index in [2.05, 4.69) is 20.8 Å². The molecule has 4 rings (SSSR count). The number of rotatable bonds is 4. The third-order valence-corrected chi connectivity index (χ3v) is 10.0. The number of carbonyl (C=O) groups is 2. The molecule has 4 saturated carbocycles. The smallest absolute Gasteiger partial charge is 0.303 e. The summed E-state index contributed by atoms with van der Waals surface area (Å²) >= 11 is 0. The summed E-state index contributed by atoms with van der Waals surface area (Å²) in [6, 6.07) is 0. The molecule has 2 N–H and O–H groups in total. The van der Waals surface area contributed by atoms with E-state index in [1.165, 1.54) is 25.7 Å². The fourth-order valence-electron chi connectivity index (χ4n) is 8.55. The Labute approximate surface area is 169 Å². The predicted octanol–water partition coefficient (Wildman–Crippen LogP) is 4.69. The SMILES string of the molecule is C[C@@H](CCC(=O)O)[C@H]1CC[C@H]2[C@@H]3CC(=O)[C@H]4C[C@@H](O)CC[C@]4(C)[C@H]3CC[C@]12C. The van der Waals surface area contributed by atoms with Gasteiger partial charge in [-0.05, 0) is 91.8 Å². The summed E-state index contributed by atoms with van der Waals surface area (Å²) in [7, 11) is 0. The zero-order valence-electron chi connectivity index (χ0n) is 17.8. The van der Waals surface area contributed by atoms with Crippen molar-refractivity contribution in [1.82, 2.24) is 0 Å². The van der Waals surface area contributed by atoms with Crippen LogP contribution in [0.25, 0.3) is 0 Å². The Balaban J connectivity index is 1.55. The van der Waals surface area contributed by atoms with E-state index in [1.54, 1.807) is 0 Å². The number of aliphatic carboxylic acids is 1. The lowest BCUT2D eigenvalue weighted by atomic mass is 9.44. The van der Waals surface area contributed by atoms with Crippen LogP contribution in [0.5, 0.6) is 0 Å². The van der Waals surface area contributed by atoms with Gasteiger partial charge in [0.2, 0.25) is 0 Å². The topological polar surface area (TPSA) is 74.6 Å². The fraction of sp³-hybridized carbons (Fsp3) is 0.917. The molecule has 0 spiro atoms. The second-order valence-corrected chi connectivity index (χ2v) is 11.2. The highest BCUT2D eigenvalue weighted by molar-refractivity contribution is 5.83. The maximum Gasteiger partial charge on any atom is 0.303 e. The van der Waals surface area contributed by atoms with Crippen LogP contribution in [-0.4, -0.2) is 28.1 Å². The van der Waals surface area contributed by atoms with Crippen molar-refractivity contribution in [3.05, 3.63) is 0 Å². The van der Waals surface area contributed by atoms with E-state index in [9.17, 15) is 14.7 Å². The van der Waals surface area contributed by atoms with Crippen LogP contribution >= 0.6 is 0 Å². The molecule has 158 valence electrons. The minimum Gasteiger partial charge on any atom is -0.481 e.